The van der Waals surface area contributed by atoms with Crippen LogP contribution in [0.2, 0.25) is 0 Å². The molecule has 0 saturated carbocycles. The maximum absolute atomic E-state index is 8.83. The quantitative estimate of drug-likeness (QED) is 0.515. The van der Waals surface area contributed by atoms with Crippen LogP contribution in [0, 0.1) is 0 Å². The molecule has 2 atom stereocenters. The Hall–Kier alpha value is -0.120. The van der Waals surface area contributed by atoms with Crippen molar-refractivity contribution in [2.75, 3.05) is 13.7 Å². The van der Waals surface area contributed by atoms with Crippen molar-refractivity contribution in [1.29, 1.82) is 0 Å². The summed E-state index contributed by atoms with van der Waals surface area (Å²) in [6, 6.07) is 0. The molecule has 0 radical (unpaired) electrons. The van der Waals surface area contributed by atoms with E-state index in [2.05, 4.69) is 0 Å². The van der Waals surface area contributed by atoms with Crippen LogP contribution in [0.25, 0.3) is 0 Å². The largest absolute Gasteiger partial charge is 0.391 e. The summed E-state index contributed by atoms with van der Waals surface area (Å²) in [6.07, 6.45) is 0.112. The van der Waals surface area contributed by atoms with Crippen molar-refractivity contribution in [1.82, 2.24) is 0 Å². The first-order valence-corrected chi connectivity index (χ1v) is 2.65. The van der Waals surface area contributed by atoms with Gasteiger partial charge >= 0.3 is 0 Å². The van der Waals surface area contributed by atoms with Crippen LogP contribution in [0.1, 0.15) is 6.42 Å². The monoisotopic (exact) mass is 118 g/mol. The smallest absolute Gasteiger partial charge is 0.159 e. The van der Waals surface area contributed by atoms with Gasteiger partial charge in [0.05, 0.1) is 12.7 Å². The first-order chi connectivity index (χ1) is 3.83. The van der Waals surface area contributed by atoms with E-state index in [-0.39, 0.29) is 12.4 Å². The second-order valence-corrected chi connectivity index (χ2v) is 1.89. The number of ether oxygens (including phenoxy) is 2. The summed E-state index contributed by atoms with van der Waals surface area (Å²) in [5, 5.41) is 8.83. The zero-order chi connectivity index (χ0) is 5.98. The molecule has 0 spiro atoms. The van der Waals surface area contributed by atoms with E-state index in [0.717, 1.165) is 0 Å². The van der Waals surface area contributed by atoms with E-state index in [1.807, 2.05) is 0 Å². The van der Waals surface area contributed by atoms with Gasteiger partial charge in [-0.05, 0) is 0 Å². The molecule has 3 heteroatoms. The zero-order valence-corrected chi connectivity index (χ0v) is 4.83. The zero-order valence-electron chi connectivity index (χ0n) is 4.83. The molecule has 0 bridgehead atoms. The SMILES string of the molecule is COC1CC(O)CO1. The second kappa shape index (κ2) is 2.44. The van der Waals surface area contributed by atoms with Crippen LogP contribution >= 0.6 is 0 Å². The molecule has 1 aliphatic rings. The van der Waals surface area contributed by atoms with E-state index < -0.39 is 0 Å². The fraction of sp³-hybridized carbons (Fsp3) is 1.00. The molecule has 1 rings (SSSR count). The Morgan fingerprint density at radius 1 is 1.75 bits per heavy atom. The molecule has 0 aromatic heterocycles. The maximum atomic E-state index is 8.83. The molecule has 48 valence electrons. The molecule has 0 aromatic carbocycles. The predicted molar refractivity (Wildman–Crippen MR) is 27.4 cm³/mol. The lowest BCUT2D eigenvalue weighted by Crippen LogP contribution is -2.07. The van der Waals surface area contributed by atoms with Crippen LogP contribution in [0.4, 0.5) is 0 Å². The highest BCUT2D eigenvalue weighted by Crippen LogP contribution is 2.12. The van der Waals surface area contributed by atoms with Gasteiger partial charge in [0, 0.05) is 13.5 Å². The van der Waals surface area contributed by atoms with Gasteiger partial charge in [0.15, 0.2) is 6.29 Å². The molecule has 8 heavy (non-hydrogen) atoms. The number of methoxy groups -OCH3 is 1. The minimum absolute atomic E-state index is 0.176. The Morgan fingerprint density at radius 2 is 2.50 bits per heavy atom. The Balaban J connectivity index is 2.22. The van der Waals surface area contributed by atoms with E-state index in [0.29, 0.717) is 13.0 Å². The summed E-state index contributed by atoms with van der Waals surface area (Å²) < 4.78 is 9.74. The maximum Gasteiger partial charge on any atom is 0.159 e. The van der Waals surface area contributed by atoms with Gasteiger partial charge in [-0.2, -0.15) is 0 Å². The number of aliphatic hydroxyl groups is 1. The highest BCUT2D eigenvalue weighted by Gasteiger charge is 2.22. The van der Waals surface area contributed by atoms with Gasteiger partial charge in [0.25, 0.3) is 0 Å². The molecule has 0 aliphatic carbocycles. The topological polar surface area (TPSA) is 38.7 Å². The van der Waals surface area contributed by atoms with E-state index in [1.165, 1.54) is 0 Å². The van der Waals surface area contributed by atoms with Gasteiger partial charge in [-0.15, -0.1) is 0 Å². The van der Waals surface area contributed by atoms with E-state index in [1.54, 1.807) is 7.11 Å². The molecule has 3 nitrogen and oxygen atoms in total. The van der Waals surface area contributed by atoms with E-state index in [9.17, 15) is 0 Å². The van der Waals surface area contributed by atoms with Gasteiger partial charge in [-0.3, -0.25) is 0 Å². The first kappa shape index (κ1) is 6.01. The van der Waals surface area contributed by atoms with Crippen molar-refractivity contribution in [2.24, 2.45) is 0 Å². The van der Waals surface area contributed by atoms with Gasteiger partial charge in [0.1, 0.15) is 0 Å². The third-order valence-electron chi connectivity index (χ3n) is 1.20. The summed E-state index contributed by atoms with van der Waals surface area (Å²) in [7, 11) is 1.57. The van der Waals surface area contributed by atoms with Gasteiger partial charge in [-0.1, -0.05) is 0 Å². The highest BCUT2D eigenvalue weighted by atomic mass is 16.7. The Kier molecular flexibility index (Phi) is 1.83. The fourth-order valence-electron chi connectivity index (χ4n) is 0.741. The number of aliphatic hydroxyl groups excluding tert-OH is 1. The average Bonchev–Trinajstić information content (AvgIpc) is 2.14. The molecule has 0 amide bonds. The third-order valence-corrected chi connectivity index (χ3v) is 1.20. The molecule has 1 N–H and O–H groups in total. The Morgan fingerprint density at radius 3 is 2.75 bits per heavy atom. The predicted octanol–water partition coefficient (Wildman–Crippen LogP) is -0.260. The lowest BCUT2D eigenvalue weighted by atomic mass is 10.3. The standard InChI is InChI=1S/C5H10O3/c1-7-5-2-4(6)3-8-5/h4-6H,2-3H2,1H3. The molecule has 1 saturated heterocycles. The molecular weight excluding hydrogens is 108 g/mol. The van der Waals surface area contributed by atoms with Crippen molar-refractivity contribution < 1.29 is 14.6 Å². The molecule has 1 fully saturated rings. The molecule has 1 aliphatic heterocycles. The Labute approximate surface area is 48.2 Å². The van der Waals surface area contributed by atoms with Gasteiger partial charge in [-0.25, -0.2) is 0 Å². The van der Waals surface area contributed by atoms with Crippen LogP contribution in [0.3, 0.4) is 0 Å². The van der Waals surface area contributed by atoms with Gasteiger partial charge in [0.2, 0.25) is 0 Å². The molecular formula is C5H10O3. The summed E-state index contributed by atoms with van der Waals surface area (Å²) >= 11 is 0. The third kappa shape index (κ3) is 1.18. The molecule has 0 aromatic rings. The van der Waals surface area contributed by atoms with Crippen molar-refractivity contribution in [2.45, 2.75) is 18.8 Å². The van der Waals surface area contributed by atoms with Crippen molar-refractivity contribution >= 4 is 0 Å². The minimum Gasteiger partial charge on any atom is -0.391 e. The van der Waals surface area contributed by atoms with Crippen molar-refractivity contribution in [3.63, 3.8) is 0 Å². The second-order valence-electron chi connectivity index (χ2n) is 1.89. The van der Waals surface area contributed by atoms with E-state index >= 15 is 0 Å². The summed E-state index contributed by atoms with van der Waals surface area (Å²) in [5.74, 6) is 0. The van der Waals surface area contributed by atoms with Crippen LogP contribution in [0.5, 0.6) is 0 Å². The minimum atomic E-state index is -0.319. The van der Waals surface area contributed by atoms with E-state index in [4.69, 9.17) is 14.6 Å². The number of hydrogen-bond acceptors (Lipinski definition) is 3. The van der Waals surface area contributed by atoms with Gasteiger partial charge < -0.3 is 14.6 Å². The Bertz CT molecular complexity index is 74.1. The molecule has 1 heterocycles. The number of hydrogen-bond donors (Lipinski definition) is 1. The molecule has 2 unspecified atom stereocenters. The van der Waals surface area contributed by atoms with Crippen LogP contribution in [-0.4, -0.2) is 31.2 Å². The highest BCUT2D eigenvalue weighted by molar-refractivity contribution is 4.64. The summed E-state index contributed by atoms with van der Waals surface area (Å²) in [5.41, 5.74) is 0. The van der Waals surface area contributed by atoms with Crippen LogP contribution in [0.15, 0.2) is 0 Å². The van der Waals surface area contributed by atoms with Crippen molar-refractivity contribution in [3.8, 4) is 0 Å². The lowest BCUT2D eigenvalue weighted by molar-refractivity contribution is -0.0882. The first-order valence-electron chi connectivity index (χ1n) is 2.65. The van der Waals surface area contributed by atoms with Crippen molar-refractivity contribution in [3.05, 3.63) is 0 Å². The average molecular weight is 118 g/mol. The summed E-state index contributed by atoms with van der Waals surface area (Å²) in [4.78, 5) is 0. The van der Waals surface area contributed by atoms with Crippen LogP contribution < -0.4 is 0 Å². The number of rotatable bonds is 1. The fourth-order valence-corrected chi connectivity index (χ4v) is 0.741. The lowest BCUT2D eigenvalue weighted by Gasteiger charge is -2.03. The normalized spacial score (nSPS) is 38.2. The van der Waals surface area contributed by atoms with Crippen LogP contribution in [-0.2, 0) is 9.47 Å². The summed E-state index contributed by atoms with van der Waals surface area (Å²) in [6.45, 7) is 0.415.